The van der Waals surface area contributed by atoms with Crippen LogP contribution in [0.2, 0.25) is 0 Å². The summed E-state index contributed by atoms with van der Waals surface area (Å²) in [5.74, 6) is -0.720. The van der Waals surface area contributed by atoms with Gasteiger partial charge in [0.25, 0.3) is 5.56 Å². The van der Waals surface area contributed by atoms with Gasteiger partial charge in [-0.05, 0) is 43.0 Å². The van der Waals surface area contributed by atoms with Gasteiger partial charge in [0.15, 0.2) is 0 Å². The first kappa shape index (κ1) is 16.4. The predicted octanol–water partition coefficient (Wildman–Crippen LogP) is 2.82. The average molecular weight is 351 g/mol. The Morgan fingerprint density at radius 2 is 2.04 bits per heavy atom. The molecule has 2 heterocycles. The maximum absolute atomic E-state index is 14.3. The molecular formula is C20H18FN3O2. The zero-order valence-electron chi connectivity index (χ0n) is 14.4. The van der Waals surface area contributed by atoms with E-state index in [9.17, 15) is 14.0 Å². The second kappa shape index (κ2) is 6.37. The zero-order valence-corrected chi connectivity index (χ0v) is 14.4. The number of hydrogen-bond acceptors (Lipinski definition) is 3. The number of hydrogen-bond donors (Lipinski definition) is 0. The highest BCUT2D eigenvalue weighted by Crippen LogP contribution is 2.30. The van der Waals surface area contributed by atoms with Crippen LogP contribution in [0.5, 0.6) is 0 Å². The molecule has 2 aromatic carbocycles. The van der Waals surface area contributed by atoms with E-state index < -0.39 is 5.82 Å². The number of fused-ring (bicyclic) bond motifs is 2. The van der Waals surface area contributed by atoms with Crippen molar-refractivity contribution in [2.75, 3.05) is 11.4 Å². The van der Waals surface area contributed by atoms with Gasteiger partial charge in [-0.15, -0.1) is 0 Å². The predicted molar refractivity (Wildman–Crippen MR) is 97.8 cm³/mol. The maximum atomic E-state index is 14.3. The van der Waals surface area contributed by atoms with Crippen molar-refractivity contribution in [2.45, 2.75) is 26.3 Å². The molecule has 0 fully saturated rings. The van der Waals surface area contributed by atoms with Crippen molar-refractivity contribution >= 4 is 22.5 Å². The fourth-order valence-electron chi connectivity index (χ4n) is 3.53. The van der Waals surface area contributed by atoms with Crippen molar-refractivity contribution in [3.63, 3.8) is 0 Å². The summed E-state index contributed by atoms with van der Waals surface area (Å²) in [6.45, 7) is 2.17. The van der Waals surface area contributed by atoms with Gasteiger partial charge in [-0.25, -0.2) is 9.37 Å². The molecule has 0 spiro atoms. The molecule has 0 saturated heterocycles. The van der Waals surface area contributed by atoms with Crippen molar-refractivity contribution in [3.05, 3.63) is 70.0 Å². The molecular weight excluding hydrogens is 333 g/mol. The number of aryl methyl sites for hydroxylation is 2. The van der Waals surface area contributed by atoms with Crippen LogP contribution in [0.3, 0.4) is 0 Å². The topological polar surface area (TPSA) is 55.2 Å². The van der Waals surface area contributed by atoms with Gasteiger partial charge < -0.3 is 4.90 Å². The van der Waals surface area contributed by atoms with Crippen LogP contribution in [-0.2, 0) is 17.8 Å². The molecule has 0 atom stereocenters. The van der Waals surface area contributed by atoms with E-state index in [-0.39, 0.29) is 18.0 Å². The van der Waals surface area contributed by atoms with E-state index in [0.29, 0.717) is 23.1 Å². The Morgan fingerprint density at radius 3 is 2.88 bits per heavy atom. The summed E-state index contributed by atoms with van der Waals surface area (Å²) in [5.41, 5.74) is 2.43. The lowest BCUT2D eigenvalue weighted by atomic mass is 10.0. The van der Waals surface area contributed by atoms with Gasteiger partial charge in [-0.2, -0.15) is 0 Å². The summed E-state index contributed by atoms with van der Waals surface area (Å²) in [4.78, 5) is 31.3. The maximum Gasteiger partial charge on any atom is 0.261 e. The van der Waals surface area contributed by atoms with Crippen molar-refractivity contribution in [2.24, 2.45) is 0 Å². The molecule has 1 aliphatic rings. The smallest absolute Gasteiger partial charge is 0.261 e. The Bertz CT molecular complexity index is 1070. The standard InChI is InChI=1S/C20H18FN3O2/c1-13-5-2-8-15-18(13)22-12-23(20(15)26)11-17(25)24-10-4-7-14-6-3-9-16(21)19(14)24/h2-3,5-6,8-9,12H,4,7,10-11H2,1H3. The summed E-state index contributed by atoms with van der Waals surface area (Å²) >= 11 is 0. The van der Waals surface area contributed by atoms with E-state index in [2.05, 4.69) is 4.98 Å². The normalized spacial score (nSPS) is 13.7. The molecule has 0 radical (unpaired) electrons. The van der Waals surface area contributed by atoms with Crippen LogP contribution in [0.1, 0.15) is 17.5 Å². The molecule has 0 saturated carbocycles. The molecule has 5 nitrogen and oxygen atoms in total. The van der Waals surface area contributed by atoms with Crippen LogP contribution in [0.4, 0.5) is 10.1 Å². The SMILES string of the molecule is Cc1cccc2c(=O)n(CC(=O)N3CCCc4cccc(F)c43)cnc12. The second-order valence-corrected chi connectivity index (χ2v) is 6.55. The lowest BCUT2D eigenvalue weighted by Crippen LogP contribution is -2.40. The third-order valence-electron chi connectivity index (χ3n) is 4.83. The van der Waals surface area contributed by atoms with Crippen LogP contribution in [0.25, 0.3) is 10.9 Å². The number of benzene rings is 2. The molecule has 132 valence electrons. The minimum Gasteiger partial charge on any atom is -0.308 e. The van der Waals surface area contributed by atoms with Crippen LogP contribution in [0.15, 0.2) is 47.5 Å². The summed E-state index contributed by atoms with van der Waals surface area (Å²) in [6, 6.07) is 10.2. The quantitative estimate of drug-likeness (QED) is 0.713. The van der Waals surface area contributed by atoms with Crippen LogP contribution in [0, 0.1) is 12.7 Å². The number of halogens is 1. The molecule has 1 aromatic heterocycles. The first-order valence-electron chi connectivity index (χ1n) is 8.59. The second-order valence-electron chi connectivity index (χ2n) is 6.55. The fraction of sp³-hybridized carbons (Fsp3) is 0.250. The Hall–Kier alpha value is -3.02. The van der Waals surface area contributed by atoms with Crippen molar-refractivity contribution in [3.8, 4) is 0 Å². The van der Waals surface area contributed by atoms with Crippen molar-refractivity contribution in [1.29, 1.82) is 0 Å². The van der Waals surface area contributed by atoms with Crippen LogP contribution >= 0.6 is 0 Å². The van der Waals surface area contributed by atoms with Crippen LogP contribution < -0.4 is 10.5 Å². The summed E-state index contributed by atoms with van der Waals surface area (Å²) in [5, 5.41) is 0.477. The first-order chi connectivity index (χ1) is 12.6. The summed E-state index contributed by atoms with van der Waals surface area (Å²) < 4.78 is 15.6. The molecule has 6 heteroatoms. The summed E-state index contributed by atoms with van der Waals surface area (Å²) in [6.07, 6.45) is 2.90. The van der Waals surface area contributed by atoms with E-state index in [1.807, 2.05) is 19.1 Å². The van der Waals surface area contributed by atoms with Crippen molar-refractivity contribution in [1.82, 2.24) is 9.55 Å². The number of para-hydroxylation sites is 2. The third kappa shape index (κ3) is 2.67. The van der Waals surface area contributed by atoms with E-state index in [0.717, 1.165) is 24.0 Å². The van der Waals surface area contributed by atoms with Gasteiger partial charge in [0.1, 0.15) is 12.4 Å². The molecule has 0 aliphatic carbocycles. The van der Waals surface area contributed by atoms with Gasteiger partial charge in [-0.3, -0.25) is 14.2 Å². The van der Waals surface area contributed by atoms with E-state index in [1.54, 1.807) is 18.2 Å². The molecule has 4 rings (SSSR count). The Kier molecular flexibility index (Phi) is 4.03. The van der Waals surface area contributed by atoms with Gasteiger partial charge in [0.2, 0.25) is 5.91 Å². The lowest BCUT2D eigenvalue weighted by Gasteiger charge is -2.30. The monoisotopic (exact) mass is 351 g/mol. The third-order valence-corrected chi connectivity index (χ3v) is 4.83. The minimum atomic E-state index is -0.407. The molecule has 3 aromatic rings. The molecule has 0 N–H and O–H groups in total. The highest BCUT2D eigenvalue weighted by molar-refractivity contribution is 5.94. The number of nitrogens with zero attached hydrogens (tertiary/aromatic N) is 3. The number of aromatic nitrogens is 2. The average Bonchev–Trinajstić information content (AvgIpc) is 2.64. The first-order valence-corrected chi connectivity index (χ1v) is 8.59. The minimum absolute atomic E-state index is 0.163. The molecule has 1 aliphatic heterocycles. The zero-order chi connectivity index (χ0) is 18.3. The molecule has 0 unspecified atom stereocenters. The number of anilines is 1. The number of amides is 1. The van der Waals surface area contributed by atoms with Crippen LogP contribution in [-0.4, -0.2) is 22.0 Å². The van der Waals surface area contributed by atoms with Crippen molar-refractivity contribution < 1.29 is 9.18 Å². The van der Waals surface area contributed by atoms with Gasteiger partial charge in [0, 0.05) is 6.54 Å². The van der Waals surface area contributed by atoms with E-state index in [1.165, 1.54) is 21.9 Å². The van der Waals surface area contributed by atoms with E-state index >= 15 is 0 Å². The largest absolute Gasteiger partial charge is 0.308 e. The fourth-order valence-corrected chi connectivity index (χ4v) is 3.53. The molecule has 0 bridgehead atoms. The molecule has 26 heavy (non-hydrogen) atoms. The molecule has 1 amide bonds. The van der Waals surface area contributed by atoms with Gasteiger partial charge >= 0.3 is 0 Å². The Labute approximate surface area is 149 Å². The Morgan fingerprint density at radius 1 is 1.23 bits per heavy atom. The van der Waals surface area contributed by atoms with E-state index in [4.69, 9.17) is 0 Å². The highest BCUT2D eigenvalue weighted by atomic mass is 19.1. The number of carbonyl (C=O) groups excluding carboxylic acids is 1. The van der Waals surface area contributed by atoms with Gasteiger partial charge in [-0.1, -0.05) is 24.3 Å². The number of rotatable bonds is 2. The summed E-state index contributed by atoms with van der Waals surface area (Å²) in [7, 11) is 0. The van der Waals surface area contributed by atoms with Gasteiger partial charge in [0.05, 0.1) is 22.9 Å². The number of carbonyl (C=O) groups is 1. The highest BCUT2D eigenvalue weighted by Gasteiger charge is 2.26. The Balaban J connectivity index is 1.69. The lowest BCUT2D eigenvalue weighted by molar-refractivity contribution is -0.119.